The highest BCUT2D eigenvalue weighted by Gasteiger charge is 2.08. The summed E-state index contributed by atoms with van der Waals surface area (Å²) in [6.45, 7) is 7.15. The molecule has 106 valence electrons. The Morgan fingerprint density at radius 3 is 2.25 bits per heavy atom. The largest absolute Gasteiger partial charge is 0.329 e. The van der Waals surface area contributed by atoms with E-state index < -0.39 is 0 Å². The van der Waals surface area contributed by atoms with Crippen molar-refractivity contribution in [3.8, 4) is 0 Å². The molecule has 2 rings (SSSR count). The lowest BCUT2D eigenvalue weighted by Gasteiger charge is -2.21. The Kier molecular flexibility index (Phi) is 4.40. The van der Waals surface area contributed by atoms with Crippen molar-refractivity contribution in [1.29, 1.82) is 0 Å². The van der Waals surface area contributed by atoms with Gasteiger partial charge in [-0.25, -0.2) is 4.98 Å². The molecule has 20 heavy (non-hydrogen) atoms. The first kappa shape index (κ1) is 14.5. The number of hydrogen-bond donors (Lipinski definition) is 1. The van der Waals surface area contributed by atoms with E-state index in [2.05, 4.69) is 66.4 Å². The fourth-order valence-electron chi connectivity index (χ4n) is 2.48. The highest BCUT2D eigenvalue weighted by molar-refractivity contribution is 5.61. The van der Waals surface area contributed by atoms with Crippen molar-refractivity contribution >= 4 is 11.5 Å². The molecule has 0 bridgehead atoms. The van der Waals surface area contributed by atoms with E-state index in [1.807, 2.05) is 14.0 Å². The fraction of sp³-hybridized carbons (Fsp3) is 0.353. The third kappa shape index (κ3) is 3.36. The summed E-state index contributed by atoms with van der Waals surface area (Å²) in [5.41, 5.74) is 6.02. The number of aryl methyl sites for hydroxylation is 3. The van der Waals surface area contributed by atoms with Crippen LogP contribution < -0.4 is 10.2 Å². The van der Waals surface area contributed by atoms with E-state index in [0.29, 0.717) is 0 Å². The predicted octanol–water partition coefficient (Wildman–Crippen LogP) is 3.49. The fourth-order valence-corrected chi connectivity index (χ4v) is 2.48. The van der Waals surface area contributed by atoms with Crippen molar-refractivity contribution in [2.75, 3.05) is 19.0 Å². The third-order valence-electron chi connectivity index (χ3n) is 3.32. The normalized spacial score (nSPS) is 10.7. The summed E-state index contributed by atoms with van der Waals surface area (Å²) >= 11 is 0. The number of nitrogens with zero attached hydrogens (tertiary/aromatic N) is 2. The summed E-state index contributed by atoms with van der Waals surface area (Å²) in [5, 5.41) is 3.19. The van der Waals surface area contributed by atoms with Gasteiger partial charge in [-0.15, -0.1) is 0 Å². The second-order valence-electron chi connectivity index (χ2n) is 5.41. The molecular weight excluding hydrogens is 246 g/mol. The average molecular weight is 269 g/mol. The van der Waals surface area contributed by atoms with E-state index in [9.17, 15) is 0 Å². The van der Waals surface area contributed by atoms with Gasteiger partial charge in [0.15, 0.2) is 0 Å². The minimum Gasteiger partial charge on any atom is -0.329 e. The van der Waals surface area contributed by atoms with Crippen molar-refractivity contribution in [2.45, 2.75) is 27.3 Å². The molecule has 0 atom stereocenters. The van der Waals surface area contributed by atoms with Gasteiger partial charge in [0, 0.05) is 25.0 Å². The molecule has 0 spiro atoms. The van der Waals surface area contributed by atoms with Crippen LogP contribution in [-0.2, 0) is 6.54 Å². The summed E-state index contributed by atoms with van der Waals surface area (Å²) in [5.74, 6) is 0.986. The van der Waals surface area contributed by atoms with Gasteiger partial charge < -0.3 is 10.2 Å². The molecule has 3 heteroatoms. The van der Waals surface area contributed by atoms with Gasteiger partial charge in [0.25, 0.3) is 0 Å². The van der Waals surface area contributed by atoms with Gasteiger partial charge in [0.05, 0.1) is 0 Å². The number of benzene rings is 1. The van der Waals surface area contributed by atoms with Crippen LogP contribution in [0.4, 0.5) is 11.5 Å². The first-order valence-corrected chi connectivity index (χ1v) is 6.94. The molecule has 0 radical (unpaired) electrons. The molecule has 2 aromatic rings. The summed E-state index contributed by atoms with van der Waals surface area (Å²) < 4.78 is 0. The lowest BCUT2D eigenvalue weighted by atomic mass is 10.1. The zero-order valence-electron chi connectivity index (χ0n) is 13.0. The molecule has 1 heterocycles. The zero-order valence-corrected chi connectivity index (χ0v) is 13.0. The van der Waals surface area contributed by atoms with Crippen molar-refractivity contribution in [2.24, 2.45) is 0 Å². The van der Waals surface area contributed by atoms with Gasteiger partial charge in [-0.05, 0) is 68.8 Å². The van der Waals surface area contributed by atoms with Gasteiger partial charge in [-0.3, -0.25) is 0 Å². The molecule has 3 nitrogen and oxygen atoms in total. The maximum atomic E-state index is 4.65. The number of nitrogens with one attached hydrogen (secondary N) is 1. The average Bonchev–Trinajstić information content (AvgIpc) is 2.36. The topological polar surface area (TPSA) is 28.2 Å². The van der Waals surface area contributed by atoms with E-state index in [1.54, 1.807) is 0 Å². The summed E-state index contributed by atoms with van der Waals surface area (Å²) in [4.78, 5) is 6.79. The second-order valence-corrected chi connectivity index (χ2v) is 5.41. The number of pyridine rings is 1. The zero-order chi connectivity index (χ0) is 14.7. The minimum absolute atomic E-state index is 0.858. The number of hydrogen-bond acceptors (Lipinski definition) is 3. The number of anilines is 2. The van der Waals surface area contributed by atoms with Crippen molar-refractivity contribution in [3.05, 3.63) is 52.7 Å². The van der Waals surface area contributed by atoms with Crippen LogP contribution in [0.1, 0.15) is 22.4 Å². The Bertz CT molecular complexity index is 585. The summed E-state index contributed by atoms with van der Waals surface area (Å²) in [6, 6.07) is 10.8. The van der Waals surface area contributed by atoms with Crippen LogP contribution in [-0.4, -0.2) is 19.1 Å². The van der Waals surface area contributed by atoms with Gasteiger partial charge in [0.2, 0.25) is 0 Å². The molecule has 0 saturated carbocycles. The standard InChI is InChI=1S/C17H23N3/c1-12-6-13(2)8-16(7-12)20(5)17-10-15(11-18-4)9-14(3)19-17/h6-10,18H,11H2,1-5H3. The molecule has 0 saturated heterocycles. The van der Waals surface area contributed by atoms with Gasteiger partial charge in [-0.1, -0.05) is 6.07 Å². The quantitative estimate of drug-likeness (QED) is 0.921. The first-order chi connectivity index (χ1) is 9.49. The molecule has 0 aliphatic heterocycles. The molecule has 1 aromatic heterocycles. The smallest absolute Gasteiger partial charge is 0.133 e. The Balaban J connectivity index is 2.39. The lowest BCUT2D eigenvalue weighted by Crippen LogP contribution is -2.14. The molecular formula is C17H23N3. The van der Waals surface area contributed by atoms with Crippen LogP contribution in [0.3, 0.4) is 0 Å². The molecule has 0 aliphatic carbocycles. The molecule has 0 unspecified atom stereocenters. The van der Waals surface area contributed by atoms with E-state index >= 15 is 0 Å². The molecule has 0 amide bonds. The number of aromatic nitrogens is 1. The number of rotatable bonds is 4. The van der Waals surface area contributed by atoms with Gasteiger partial charge in [0.1, 0.15) is 5.82 Å². The van der Waals surface area contributed by atoms with E-state index in [-0.39, 0.29) is 0 Å². The minimum atomic E-state index is 0.858. The predicted molar refractivity (Wildman–Crippen MR) is 85.7 cm³/mol. The van der Waals surface area contributed by atoms with Crippen LogP contribution in [0.5, 0.6) is 0 Å². The Hall–Kier alpha value is -1.87. The second kappa shape index (κ2) is 6.06. The lowest BCUT2D eigenvalue weighted by molar-refractivity contribution is 0.813. The van der Waals surface area contributed by atoms with Crippen molar-refractivity contribution < 1.29 is 0 Å². The molecule has 1 aromatic carbocycles. The van der Waals surface area contributed by atoms with Crippen LogP contribution in [0.15, 0.2) is 30.3 Å². The van der Waals surface area contributed by atoms with E-state index in [0.717, 1.165) is 18.1 Å². The monoisotopic (exact) mass is 269 g/mol. The molecule has 0 aliphatic rings. The van der Waals surface area contributed by atoms with Gasteiger partial charge >= 0.3 is 0 Å². The highest BCUT2D eigenvalue weighted by Crippen LogP contribution is 2.25. The first-order valence-electron chi connectivity index (χ1n) is 6.94. The van der Waals surface area contributed by atoms with Crippen LogP contribution in [0, 0.1) is 20.8 Å². The van der Waals surface area contributed by atoms with Crippen molar-refractivity contribution in [3.63, 3.8) is 0 Å². The Morgan fingerprint density at radius 2 is 1.65 bits per heavy atom. The SMILES string of the molecule is CNCc1cc(C)nc(N(C)c2cc(C)cc(C)c2)c1. The highest BCUT2D eigenvalue weighted by atomic mass is 15.2. The van der Waals surface area contributed by atoms with Crippen molar-refractivity contribution in [1.82, 2.24) is 10.3 Å². The summed E-state index contributed by atoms with van der Waals surface area (Å²) in [7, 11) is 4.03. The van der Waals surface area contributed by atoms with Crippen LogP contribution >= 0.6 is 0 Å². The van der Waals surface area contributed by atoms with Crippen LogP contribution in [0.2, 0.25) is 0 Å². The van der Waals surface area contributed by atoms with E-state index in [1.165, 1.54) is 22.4 Å². The van der Waals surface area contributed by atoms with E-state index in [4.69, 9.17) is 0 Å². The van der Waals surface area contributed by atoms with Crippen LogP contribution in [0.25, 0.3) is 0 Å². The maximum Gasteiger partial charge on any atom is 0.133 e. The maximum absolute atomic E-state index is 4.65. The molecule has 0 fully saturated rings. The summed E-state index contributed by atoms with van der Waals surface area (Å²) in [6.07, 6.45) is 0. The Labute approximate surface area is 121 Å². The molecule has 1 N–H and O–H groups in total. The third-order valence-corrected chi connectivity index (χ3v) is 3.32. The van der Waals surface area contributed by atoms with Gasteiger partial charge in [-0.2, -0.15) is 0 Å². The Morgan fingerprint density at radius 1 is 1.00 bits per heavy atom.